The normalized spacial score (nSPS) is 18.8. The Morgan fingerprint density at radius 2 is 2.00 bits per heavy atom. The lowest BCUT2D eigenvalue weighted by Gasteiger charge is -2.33. The summed E-state index contributed by atoms with van der Waals surface area (Å²) >= 11 is 0. The third kappa shape index (κ3) is 2.60. The average molecular weight is 251 g/mol. The fraction of sp³-hybridized carbons (Fsp3) is 0.571. The number of hydrogen-bond acceptors (Lipinski definition) is 4. The second-order valence-electron chi connectivity index (χ2n) is 4.79. The Labute approximate surface area is 108 Å². The van der Waals surface area contributed by atoms with E-state index in [4.69, 9.17) is 4.74 Å². The molecular formula is C14H21NO3. The van der Waals surface area contributed by atoms with Crippen LogP contribution in [-0.2, 0) is 0 Å². The first-order valence-corrected chi connectivity index (χ1v) is 6.41. The standard InChI is InChI=1S/C14H21NO3/c1-10(16)14-12(4-3-5-13(14)18-2)15-8-6-11(17)7-9-15/h3-5,10-11,16-17H,6-9H2,1-2H3/t10-/m1/s1. The number of anilines is 1. The Hall–Kier alpha value is -1.26. The molecule has 100 valence electrons. The smallest absolute Gasteiger partial charge is 0.126 e. The Morgan fingerprint density at radius 3 is 2.56 bits per heavy atom. The first-order chi connectivity index (χ1) is 8.63. The number of hydrogen-bond donors (Lipinski definition) is 2. The molecule has 1 aromatic rings. The number of aliphatic hydroxyl groups is 2. The number of piperidine rings is 1. The second kappa shape index (κ2) is 5.59. The Bertz CT molecular complexity index is 398. The molecule has 1 fully saturated rings. The van der Waals surface area contributed by atoms with E-state index in [1.807, 2.05) is 18.2 Å². The molecular weight excluding hydrogens is 230 g/mol. The summed E-state index contributed by atoms with van der Waals surface area (Å²) in [7, 11) is 1.62. The van der Waals surface area contributed by atoms with Gasteiger partial charge in [0.1, 0.15) is 5.75 Å². The van der Waals surface area contributed by atoms with Crippen LogP contribution in [0.4, 0.5) is 5.69 Å². The molecule has 4 nitrogen and oxygen atoms in total. The largest absolute Gasteiger partial charge is 0.496 e. The van der Waals surface area contributed by atoms with Gasteiger partial charge in [-0.1, -0.05) is 6.07 Å². The molecule has 4 heteroatoms. The topological polar surface area (TPSA) is 52.9 Å². The lowest BCUT2D eigenvalue weighted by molar-refractivity contribution is 0.145. The fourth-order valence-electron chi connectivity index (χ4n) is 2.51. The van der Waals surface area contributed by atoms with Gasteiger partial charge in [0, 0.05) is 24.3 Å². The number of rotatable bonds is 3. The van der Waals surface area contributed by atoms with E-state index in [9.17, 15) is 10.2 Å². The minimum Gasteiger partial charge on any atom is -0.496 e. The van der Waals surface area contributed by atoms with Gasteiger partial charge >= 0.3 is 0 Å². The van der Waals surface area contributed by atoms with Gasteiger partial charge in [0.25, 0.3) is 0 Å². The quantitative estimate of drug-likeness (QED) is 0.858. The highest BCUT2D eigenvalue weighted by Crippen LogP contribution is 2.35. The van der Waals surface area contributed by atoms with Crippen LogP contribution in [0.2, 0.25) is 0 Å². The molecule has 1 aliphatic heterocycles. The maximum atomic E-state index is 9.94. The summed E-state index contributed by atoms with van der Waals surface area (Å²) in [5.41, 5.74) is 1.84. The van der Waals surface area contributed by atoms with E-state index < -0.39 is 6.10 Å². The van der Waals surface area contributed by atoms with Crippen LogP contribution < -0.4 is 9.64 Å². The number of aliphatic hydroxyl groups excluding tert-OH is 2. The Balaban J connectivity index is 2.32. The van der Waals surface area contributed by atoms with Crippen LogP contribution in [-0.4, -0.2) is 36.5 Å². The van der Waals surface area contributed by atoms with Crippen LogP contribution >= 0.6 is 0 Å². The maximum absolute atomic E-state index is 9.94. The van der Waals surface area contributed by atoms with E-state index in [0.717, 1.165) is 37.2 Å². The van der Waals surface area contributed by atoms with Crippen molar-refractivity contribution >= 4 is 5.69 Å². The molecule has 1 aliphatic rings. The van der Waals surface area contributed by atoms with E-state index in [-0.39, 0.29) is 6.10 Å². The maximum Gasteiger partial charge on any atom is 0.126 e. The number of methoxy groups -OCH3 is 1. The van der Waals surface area contributed by atoms with Crippen molar-refractivity contribution in [2.45, 2.75) is 32.0 Å². The number of benzene rings is 1. The molecule has 1 aromatic carbocycles. The third-order valence-electron chi connectivity index (χ3n) is 3.49. The molecule has 18 heavy (non-hydrogen) atoms. The van der Waals surface area contributed by atoms with Gasteiger partial charge < -0.3 is 19.8 Å². The molecule has 2 rings (SSSR count). The highest BCUT2D eigenvalue weighted by atomic mass is 16.5. The summed E-state index contributed by atoms with van der Waals surface area (Å²) in [6, 6.07) is 5.80. The van der Waals surface area contributed by atoms with Crippen LogP contribution in [0.1, 0.15) is 31.4 Å². The molecule has 0 bridgehead atoms. The highest BCUT2D eigenvalue weighted by molar-refractivity contribution is 5.60. The zero-order valence-electron chi connectivity index (χ0n) is 11.0. The van der Waals surface area contributed by atoms with Crippen LogP contribution in [0, 0.1) is 0 Å². The first-order valence-electron chi connectivity index (χ1n) is 6.41. The minimum atomic E-state index is -0.567. The number of ether oxygens (including phenoxy) is 1. The van der Waals surface area contributed by atoms with Crippen molar-refractivity contribution in [3.8, 4) is 5.75 Å². The van der Waals surface area contributed by atoms with Gasteiger partial charge in [-0.15, -0.1) is 0 Å². The molecule has 1 atom stereocenters. The van der Waals surface area contributed by atoms with Crippen LogP contribution in [0.5, 0.6) is 5.75 Å². The molecule has 0 saturated carbocycles. The zero-order chi connectivity index (χ0) is 13.1. The highest BCUT2D eigenvalue weighted by Gasteiger charge is 2.22. The van der Waals surface area contributed by atoms with Gasteiger partial charge in [-0.25, -0.2) is 0 Å². The molecule has 0 spiro atoms. The summed E-state index contributed by atoms with van der Waals surface area (Å²) < 4.78 is 5.32. The fourth-order valence-corrected chi connectivity index (χ4v) is 2.51. The lowest BCUT2D eigenvalue weighted by atomic mass is 10.0. The number of nitrogens with zero attached hydrogens (tertiary/aromatic N) is 1. The molecule has 0 amide bonds. The van der Waals surface area contributed by atoms with Crippen LogP contribution in [0.25, 0.3) is 0 Å². The van der Waals surface area contributed by atoms with E-state index in [0.29, 0.717) is 5.75 Å². The van der Waals surface area contributed by atoms with Crippen molar-refractivity contribution in [2.24, 2.45) is 0 Å². The molecule has 0 radical (unpaired) electrons. The molecule has 0 unspecified atom stereocenters. The molecule has 0 aliphatic carbocycles. The Kier molecular flexibility index (Phi) is 4.09. The predicted molar refractivity (Wildman–Crippen MR) is 71.1 cm³/mol. The molecule has 1 saturated heterocycles. The summed E-state index contributed by atoms with van der Waals surface area (Å²) in [4.78, 5) is 2.21. The lowest BCUT2D eigenvalue weighted by Crippen LogP contribution is -2.36. The van der Waals surface area contributed by atoms with E-state index in [1.165, 1.54) is 0 Å². The van der Waals surface area contributed by atoms with E-state index in [2.05, 4.69) is 4.90 Å². The van der Waals surface area contributed by atoms with Crippen molar-refractivity contribution in [3.63, 3.8) is 0 Å². The van der Waals surface area contributed by atoms with Gasteiger partial charge in [-0.05, 0) is 31.9 Å². The summed E-state index contributed by atoms with van der Waals surface area (Å²) in [6.45, 7) is 3.38. The Morgan fingerprint density at radius 1 is 1.33 bits per heavy atom. The zero-order valence-corrected chi connectivity index (χ0v) is 11.0. The van der Waals surface area contributed by atoms with Crippen molar-refractivity contribution in [2.75, 3.05) is 25.1 Å². The van der Waals surface area contributed by atoms with Gasteiger partial charge in [-0.3, -0.25) is 0 Å². The van der Waals surface area contributed by atoms with Gasteiger partial charge in [0.15, 0.2) is 0 Å². The summed E-state index contributed by atoms with van der Waals surface area (Å²) in [5, 5.41) is 19.5. The molecule has 1 heterocycles. The minimum absolute atomic E-state index is 0.193. The third-order valence-corrected chi connectivity index (χ3v) is 3.49. The summed E-state index contributed by atoms with van der Waals surface area (Å²) in [6.07, 6.45) is 0.789. The van der Waals surface area contributed by atoms with Crippen molar-refractivity contribution in [1.82, 2.24) is 0 Å². The van der Waals surface area contributed by atoms with Crippen LogP contribution in [0.3, 0.4) is 0 Å². The van der Waals surface area contributed by atoms with Gasteiger partial charge in [0.05, 0.1) is 19.3 Å². The SMILES string of the molecule is COc1cccc(N2CCC(O)CC2)c1[C@@H](C)O. The van der Waals surface area contributed by atoms with Crippen molar-refractivity contribution in [3.05, 3.63) is 23.8 Å². The van der Waals surface area contributed by atoms with Crippen LogP contribution in [0.15, 0.2) is 18.2 Å². The van der Waals surface area contributed by atoms with Gasteiger partial charge in [0.2, 0.25) is 0 Å². The van der Waals surface area contributed by atoms with Gasteiger partial charge in [-0.2, -0.15) is 0 Å². The van der Waals surface area contributed by atoms with Crippen molar-refractivity contribution < 1.29 is 14.9 Å². The van der Waals surface area contributed by atoms with E-state index in [1.54, 1.807) is 14.0 Å². The average Bonchev–Trinajstić information content (AvgIpc) is 2.38. The molecule has 0 aromatic heterocycles. The predicted octanol–water partition coefficient (Wildman–Crippen LogP) is 1.71. The van der Waals surface area contributed by atoms with Crippen molar-refractivity contribution in [1.29, 1.82) is 0 Å². The second-order valence-corrected chi connectivity index (χ2v) is 4.79. The monoisotopic (exact) mass is 251 g/mol. The first kappa shape index (κ1) is 13.2. The summed E-state index contributed by atoms with van der Waals surface area (Å²) in [5.74, 6) is 0.716. The van der Waals surface area contributed by atoms with E-state index >= 15 is 0 Å². The molecule has 2 N–H and O–H groups in total.